The molecule has 1 N–H and O–H groups in total. The zero-order valence-electron chi connectivity index (χ0n) is 12.6. The van der Waals surface area contributed by atoms with Gasteiger partial charge in [-0.25, -0.2) is 0 Å². The van der Waals surface area contributed by atoms with Crippen LogP contribution in [0, 0.1) is 0 Å². The average molecular weight is 282 g/mol. The molecule has 0 radical (unpaired) electrons. The summed E-state index contributed by atoms with van der Waals surface area (Å²) in [5, 5.41) is 4.63. The Balaban J connectivity index is 1.71. The van der Waals surface area contributed by atoms with Crippen molar-refractivity contribution in [2.45, 2.75) is 87.7 Å². The van der Waals surface area contributed by atoms with Crippen molar-refractivity contribution < 1.29 is 0 Å². The number of nitrogens with one attached hydrogen (secondary N) is 1. The normalized spacial score (nSPS) is 43.6. The summed E-state index contributed by atoms with van der Waals surface area (Å²) < 4.78 is 0. The molecule has 3 fully saturated rings. The quantitative estimate of drug-likeness (QED) is 0.852. The van der Waals surface area contributed by atoms with Gasteiger partial charge in [0, 0.05) is 29.4 Å². The van der Waals surface area contributed by atoms with Crippen molar-refractivity contribution in [3.05, 3.63) is 0 Å². The van der Waals surface area contributed by atoms with E-state index in [1.54, 1.807) is 0 Å². The monoisotopic (exact) mass is 282 g/mol. The van der Waals surface area contributed by atoms with Gasteiger partial charge in [0.25, 0.3) is 0 Å². The van der Waals surface area contributed by atoms with E-state index in [1.807, 2.05) is 0 Å². The van der Waals surface area contributed by atoms with Crippen LogP contribution in [-0.4, -0.2) is 47.1 Å². The van der Waals surface area contributed by atoms with Crippen molar-refractivity contribution in [3.8, 4) is 0 Å². The van der Waals surface area contributed by atoms with Gasteiger partial charge >= 0.3 is 0 Å². The smallest absolute Gasteiger partial charge is 0.0220 e. The lowest BCUT2D eigenvalue weighted by Gasteiger charge is -2.52. The molecule has 2 nitrogen and oxygen atoms in total. The molecule has 3 heteroatoms. The molecule has 3 aliphatic rings. The number of piperidine rings is 2. The fraction of sp³-hybridized carbons (Fsp3) is 1.00. The lowest BCUT2D eigenvalue weighted by atomic mass is 9.80. The second kappa shape index (κ2) is 6.36. The molecule has 1 aliphatic carbocycles. The van der Waals surface area contributed by atoms with Crippen LogP contribution < -0.4 is 5.32 Å². The second-order valence-corrected chi connectivity index (χ2v) is 7.76. The summed E-state index contributed by atoms with van der Waals surface area (Å²) in [6.45, 7) is 3.39. The van der Waals surface area contributed by atoms with Gasteiger partial charge < -0.3 is 5.32 Å². The molecule has 0 amide bonds. The van der Waals surface area contributed by atoms with E-state index in [9.17, 15) is 0 Å². The van der Waals surface area contributed by atoms with Crippen LogP contribution in [0.15, 0.2) is 0 Å². The Hall–Kier alpha value is 0.270. The number of hydrogen-bond donors (Lipinski definition) is 1. The lowest BCUT2D eigenvalue weighted by Crippen LogP contribution is -2.60. The van der Waals surface area contributed by atoms with Crippen molar-refractivity contribution >= 4 is 11.8 Å². The number of rotatable bonds is 4. The predicted molar refractivity (Wildman–Crippen MR) is 84.9 cm³/mol. The Bertz CT molecular complexity index is 282. The lowest BCUT2D eigenvalue weighted by molar-refractivity contribution is -0.00694. The maximum atomic E-state index is 3.72. The Morgan fingerprint density at radius 3 is 2.37 bits per heavy atom. The van der Waals surface area contributed by atoms with Crippen LogP contribution in [0.25, 0.3) is 0 Å². The summed E-state index contributed by atoms with van der Waals surface area (Å²) in [7, 11) is 0. The number of hydrogen-bond acceptors (Lipinski definition) is 3. The van der Waals surface area contributed by atoms with Gasteiger partial charge in [0.15, 0.2) is 0 Å². The van der Waals surface area contributed by atoms with Gasteiger partial charge in [-0.2, -0.15) is 11.8 Å². The largest absolute Gasteiger partial charge is 0.314 e. The van der Waals surface area contributed by atoms with Gasteiger partial charge in [-0.15, -0.1) is 0 Å². The van der Waals surface area contributed by atoms with E-state index in [0.717, 1.165) is 36.0 Å². The molecule has 4 unspecified atom stereocenters. The Kier molecular flexibility index (Phi) is 4.76. The van der Waals surface area contributed by atoms with Gasteiger partial charge in [0.1, 0.15) is 0 Å². The Morgan fingerprint density at radius 1 is 1.05 bits per heavy atom. The molecule has 0 spiro atoms. The van der Waals surface area contributed by atoms with Gasteiger partial charge in [-0.05, 0) is 51.3 Å². The number of nitrogens with zero attached hydrogens (tertiary/aromatic N) is 1. The molecule has 0 aromatic rings. The highest BCUT2D eigenvalue weighted by Crippen LogP contribution is 2.42. The summed E-state index contributed by atoms with van der Waals surface area (Å²) in [5.74, 6) is 0. The van der Waals surface area contributed by atoms with Crippen LogP contribution in [0.3, 0.4) is 0 Å². The van der Waals surface area contributed by atoms with Gasteiger partial charge in [-0.1, -0.05) is 19.8 Å². The molecule has 2 aliphatic heterocycles. The molecule has 2 saturated heterocycles. The minimum Gasteiger partial charge on any atom is -0.314 e. The van der Waals surface area contributed by atoms with Gasteiger partial charge in [-0.3, -0.25) is 4.90 Å². The Labute approximate surface area is 123 Å². The van der Waals surface area contributed by atoms with Gasteiger partial charge in [0.05, 0.1) is 0 Å². The maximum Gasteiger partial charge on any atom is 0.0220 e. The van der Waals surface area contributed by atoms with Crippen LogP contribution in [0.4, 0.5) is 0 Å². The zero-order chi connectivity index (χ0) is 13.2. The van der Waals surface area contributed by atoms with Crippen LogP contribution in [-0.2, 0) is 0 Å². The van der Waals surface area contributed by atoms with Crippen molar-refractivity contribution in [2.75, 3.05) is 12.8 Å². The molecule has 1 saturated carbocycles. The summed E-state index contributed by atoms with van der Waals surface area (Å²) in [6.07, 6.45) is 13.9. The van der Waals surface area contributed by atoms with E-state index < -0.39 is 0 Å². The molecule has 19 heavy (non-hydrogen) atoms. The summed E-state index contributed by atoms with van der Waals surface area (Å²) in [4.78, 5) is 2.99. The van der Waals surface area contributed by atoms with E-state index in [0.29, 0.717) is 0 Å². The summed E-state index contributed by atoms with van der Waals surface area (Å²) >= 11 is 2.13. The third-order valence-electron chi connectivity index (χ3n) is 5.63. The fourth-order valence-electron chi connectivity index (χ4n) is 4.94. The molecule has 2 bridgehead atoms. The van der Waals surface area contributed by atoms with Crippen LogP contribution in [0.2, 0.25) is 0 Å². The Morgan fingerprint density at radius 2 is 1.74 bits per heavy atom. The molecular weight excluding hydrogens is 252 g/mol. The minimum absolute atomic E-state index is 0.797. The zero-order valence-corrected chi connectivity index (χ0v) is 13.4. The first kappa shape index (κ1) is 14.2. The molecule has 3 rings (SSSR count). The van der Waals surface area contributed by atoms with E-state index in [4.69, 9.17) is 0 Å². The first-order valence-electron chi connectivity index (χ1n) is 8.37. The van der Waals surface area contributed by atoms with E-state index >= 15 is 0 Å². The summed E-state index contributed by atoms with van der Waals surface area (Å²) in [6, 6.07) is 3.46. The maximum absolute atomic E-state index is 3.72. The fourth-order valence-corrected chi connectivity index (χ4v) is 5.93. The molecule has 4 atom stereocenters. The van der Waals surface area contributed by atoms with Crippen LogP contribution >= 0.6 is 11.8 Å². The molecule has 0 aromatic carbocycles. The number of fused-ring (bicyclic) bond motifs is 2. The van der Waals surface area contributed by atoms with Gasteiger partial charge in [0.2, 0.25) is 0 Å². The van der Waals surface area contributed by atoms with Crippen LogP contribution in [0.1, 0.15) is 58.3 Å². The highest BCUT2D eigenvalue weighted by Gasteiger charge is 2.44. The highest BCUT2D eigenvalue weighted by atomic mass is 32.2. The average Bonchev–Trinajstić information content (AvgIpc) is 2.86. The highest BCUT2D eigenvalue weighted by molar-refractivity contribution is 7.99. The predicted octanol–water partition coefficient (Wildman–Crippen LogP) is 3.27. The summed E-state index contributed by atoms with van der Waals surface area (Å²) in [5.41, 5.74) is 0. The first-order chi connectivity index (χ1) is 9.33. The second-order valence-electron chi connectivity index (χ2n) is 6.68. The minimum atomic E-state index is 0.797. The third kappa shape index (κ3) is 2.84. The topological polar surface area (TPSA) is 15.3 Å². The molecular formula is C16H30N2S. The van der Waals surface area contributed by atoms with Crippen molar-refractivity contribution in [2.24, 2.45) is 0 Å². The van der Waals surface area contributed by atoms with Crippen LogP contribution in [0.5, 0.6) is 0 Å². The van der Waals surface area contributed by atoms with Crippen molar-refractivity contribution in [3.63, 3.8) is 0 Å². The number of thioether (sulfide) groups is 1. The van der Waals surface area contributed by atoms with Crippen molar-refractivity contribution in [1.29, 1.82) is 0 Å². The third-order valence-corrected chi connectivity index (χ3v) is 6.78. The molecule has 2 heterocycles. The standard InChI is InChI=1S/C16H30N2S/c1-3-17-12-10-13-6-4-7-14(11-12)18(13)15-8-5-9-16(15)19-2/h12-17H,3-11H2,1-2H3. The molecule has 0 aromatic heterocycles. The first-order valence-corrected chi connectivity index (χ1v) is 9.66. The van der Waals surface area contributed by atoms with E-state index in [-0.39, 0.29) is 0 Å². The van der Waals surface area contributed by atoms with E-state index in [2.05, 4.69) is 35.2 Å². The van der Waals surface area contributed by atoms with E-state index in [1.165, 1.54) is 51.4 Å². The SMILES string of the molecule is CCNC1CC2CCCC(C1)N2C1CCCC1SC. The van der Waals surface area contributed by atoms with Crippen molar-refractivity contribution in [1.82, 2.24) is 10.2 Å². The molecule has 110 valence electrons.